The van der Waals surface area contributed by atoms with Crippen LogP contribution in [0.15, 0.2) is 36.4 Å². The van der Waals surface area contributed by atoms with E-state index in [4.69, 9.17) is 16.3 Å². The summed E-state index contributed by atoms with van der Waals surface area (Å²) in [6.07, 6.45) is 1.22. The molecular weight excluding hydrogens is 510 g/mol. The van der Waals surface area contributed by atoms with Gasteiger partial charge in [-0.2, -0.15) is 0 Å². The third-order valence-electron chi connectivity index (χ3n) is 6.45. The minimum atomic E-state index is -1.37. The van der Waals surface area contributed by atoms with Gasteiger partial charge in [-0.15, -0.1) is 0 Å². The molecule has 1 saturated carbocycles. The second-order valence-corrected chi connectivity index (χ2v) is 11.0. The Morgan fingerprint density at radius 3 is 2.29 bits per heavy atom. The molecule has 1 aliphatic carbocycles. The summed E-state index contributed by atoms with van der Waals surface area (Å²) in [6.45, 7) is 7.82. The van der Waals surface area contributed by atoms with Crippen LogP contribution in [0.2, 0.25) is 5.02 Å². The Balaban J connectivity index is 2.06. The second kappa shape index (κ2) is 12.0. The summed E-state index contributed by atoms with van der Waals surface area (Å²) in [5.41, 5.74) is 1.05. The molecule has 2 atom stereocenters. The van der Waals surface area contributed by atoms with Gasteiger partial charge in [0.15, 0.2) is 0 Å². The molecule has 206 valence electrons. The number of alkyl carbamates (subject to hydrolysis) is 1. The van der Waals surface area contributed by atoms with Gasteiger partial charge in [0.1, 0.15) is 23.4 Å². The quantitative estimate of drug-likeness (QED) is 0.383. The van der Waals surface area contributed by atoms with Crippen LogP contribution in [0.1, 0.15) is 62.8 Å². The van der Waals surface area contributed by atoms with Gasteiger partial charge in [0.2, 0.25) is 5.91 Å². The second-order valence-electron chi connectivity index (χ2n) is 10.5. The van der Waals surface area contributed by atoms with Crippen LogP contribution < -0.4 is 10.6 Å². The molecule has 9 nitrogen and oxygen atoms in total. The molecule has 0 saturated heterocycles. The molecule has 2 aromatic carbocycles. The van der Waals surface area contributed by atoms with E-state index < -0.39 is 42.2 Å². The Kier molecular flexibility index (Phi) is 9.27. The van der Waals surface area contributed by atoms with Gasteiger partial charge in [0.05, 0.1) is 17.3 Å². The number of nitrogens with zero attached hydrogens (tertiary/aromatic N) is 1. The number of amides is 3. The lowest BCUT2D eigenvalue weighted by Gasteiger charge is -2.43. The molecule has 0 bridgehead atoms. The average molecular weight is 546 g/mol. The number of anilines is 1. The van der Waals surface area contributed by atoms with Crippen LogP contribution >= 0.6 is 11.6 Å². The largest absolute Gasteiger partial charge is 0.507 e. The van der Waals surface area contributed by atoms with Crippen LogP contribution in [0.4, 0.5) is 10.5 Å². The molecule has 2 unspecified atom stereocenters. The van der Waals surface area contributed by atoms with E-state index in [2.05, 4.69) is 10.6 Å². The lowest BCUT2D eigenvalue weighted by Crippen LogP contribution is -2.58. The number of phenolic OH excluding ortho intramolecular Hbond substituents is 1. The van der Waals surface area contributed by atoms with Crippen molar-refractivity contribution in [2.45, 2.75) is 77.6 Å². The van der Waals surface area contributed by atoms with Gasteiger partial charge in [-0.1, -0.05) is 41.9 Å². The molecule has 0 aliphatic heterocycles. The highest BCUT2D eigenvalue weighted by Crippen LogP contribution is 2.39. The van der Waals surface area contributed by atoms with Gasteiger partial charge in [-0.3, -0.25) is 9.59 Å². The predicted molar refractivity (Wildman–Crippen MR) is 145 cm³/mol. The molecule has 3 rings (SSSR count). The number of carbonyl (C=O) groups is 3. The topological polar surface area (TPSA) is 128 Å². The van der Waals surface area contributed by atoms with Crippen LogP contribution in [-0.4, -0.2) is 57.3 Å². The number of aryl methyl sites for hydroxylation is 2. The van der Waals surface area contributed by atoms with E-state index in [0.29, 0.717) is 29.1 Å². The Morgan fingerprint density at radius 2 is 1.74 bits per heavy atom. The van der Waals surface area contributed by atoms with E-state index in [1.165, 1.54) is 4.90 Å². The van der Waals surface area contributed by atoms with Gasteiger partial charge in [0, 0.05) is 11.6 Å². The minimum Gasteiger partial charge on any atom is -0.507 e. The molecule has 1 aliphatic rings. The van der Waals surface area contributed by atoms with E-state index in [0.717, 1.165) is 12.0 Å². The number of phenols is 1. The van der Waals surface area contributed by atoms with Gasteiger partial charge in [0.25, 0.3) is 5.91 Å². The van der Waals surface area contributed by atoms with Gasteiger partial charge in [-0.05, 0) is 71.1 Å². The fourth-order valence-corrected chi connectivity index (χ4v) is 4.57. The Hall–Kier alpha value is -3.30. The van der Waals surface area contributed by atoms with Crippen LogP contribution in [0.25, 0.3) is 0 Å². The molecule has 1 fully saturated rings. The zero-order valence-corrected chi connectivity index (χ0v) is 23.1. The zero-order valence-electron chi connectivity index (χ0n) is 22.4. The predicted octanol–water partition coefficient (Wildman–Crippen LogP) is 4.61. The van der Waals surface area contributed by atoms with Crippen LogP contribution in [-0.2, 0) is 14.3 Å². The Labute approximate surface area is 228 Å². The smallest absolute Gasteiger partial charge is 0.408 e. The lowest BCUT2D eigenvalue weighted by molar-refractivity contribution is -0.146. The number of para-hydroxylation sites is 2. The van der Waals surface area contributed by atoms with Crippen molar-refractivity contribution in [1.82, 2.24) is 10.2 Å². The summed E-state index contributed by atoms with van der Waals surface area (Å²) < 4.78 is 5.27. The van der Waals surface area contributed by atoms with Gasteiger partial charge in [-0.25, -0.2) is 4.79 Å². The first-order chi connectivity index (χ1) is 17.8. The number of carbonyl (C=O) groups excluding carboxylic acids is 3. The molecule has 0 spiro atoms. The number of nitrogens with one attached hydrogen (secondary N) is 2. The number of halogens is 1. The molecule has 10 heteroatoms. The molecule has 0 radical (unpaired) electrons. The van der Waals surface area contributed by atoms with Gasteiger partial charge >= 0.3 is 6.09 Å². The standard InChI is InChI=1S/C28H36ClN3O6/c1-16-9-7-14-20(29)22(16)31-25(35)23(19-13-6-10-17(2)24(19)34)32(18-11-8-12-18)26(36)21(15-33)30-27(37)38-28(3,4)5/h6-7,9-10,13-14,18,21,23,33-34H,8,11-12,15H2,1-5H3,(H,30,37)(H,31,35). The van der Waals surface area contributed by atoms with Crippen molar-refractivity contribution >= 4 is 35.2 Å². The summed E-state index contributed by atoms with van der Waals surface area (Å²) in [6, 6.07) is 7.19. The maximum atomic E-state index is 13.9. The third kappa shape index (κ3) is 6.76. The molecule has 0 heterocycles. The molecule has 3 amide bonds. The Bertz CT molecular complexity index is 1170. The number of aliphatic hydroxyl groups excluding tert-OH is 1. The SMILES string of the molecule is Cc1cccc(C(C(=O)Nc2c(C)cccc2Cl)N(C(=O)C(CO)NC(=O)OC(C)(C)C)C2CCC2)c1O. The fourth-order valence-electron chi connectivity index (χ4n) is 4.30. The first kappa shape index (κ1) is 29.3. The monoisotopic (exact) mass is 545 g/mol. The summed E-state index contributed by atoms with van der Waals surface area (Å²) in [7, 11) is 0. The van der Waals surface area contributed by atoms with Crippen molar-refractivity contribution in [2.24, 2.45) is 0 Å². The number of hydrogen-bond acceptors (Lipinski definition) is 6. The zero-order chi connectivity index (χ0) is 28.2. The number of aromatic hydroxyl groups is 1. The van der Waals surface area contributed by atoms with Crippen molar-refractivity contribution in [3.8, 4) is 5.75 Å². The lowest BCUT2D eigenvalue weighted by atomic mass is 9.87. The molecule has 0 aromatic heterocycles. The van der Waals surface area contributed by atoms with Crippen LogP contribution in [0.3, 0.4) is 0 Å². The number of benzene rings is 2. The van der Waals surface area contributed by atoms with E-state index in [9.17, 15) is 24.6 Å². The minimum absolute atomic E-state index is 0.124. The first-order valence-corrected chi connectivity index (χ1v) is 13.0. The third-order valence-corrected chi connectivity index (χ3v) is 6.77. The highest BCUT2D eigenvalue weighted by molar-refractivity contribution is 6.34. The highest BCUT2D eigenvalue weighted by atomic mass is 35.5. The van der Waals surface area contributed by atoms with Crippen molar-refractivity contribution in [1.29, 1.82) is 0 Å². The van der Waals surface area contributed by atoms with Crippen LogP contribution in [0.5, 0.6) is 5.75 Å². The Morgan fingerprint density at radius 1 is 1.11 bits per heavy atom. The van der Waals surface area contributed by atoms with Crippen LogP contribution in [0, 0.1) is 13.8 Å². The highest BCUT2D eigenvalue weighted by Gasteiger charge is 2.43. The maximum Gasteiger partial charge on any atom is 0.408 e. The van der Waals surface area contributed by atoms with Crippen molar-refractivity contribution in [3.63, 3.8) is 0 Å². The van der Waals surface area contributed by atoms with Crippen molar-refractivity contribution in [2.75, 3.05) is 11.9 Å². The summed E-state index contributed by atoms with van der Waals surface area (Å²) >= 11 is 6.37. The van der Waals surface area contributed by atoms with Gasteiger partial charge < -0.3 is 30.5 Å². The van der Waals surface area contributed by atoms with Crippen molar-refractivity contribution in [3.05, 3.63) is 58.1 Å². The molecule has 38 heavy (non-hydrogen) atoms. The van der Waals surface area contributed by atoms with E-state index in [1.807, 2.05) is 0 Å². The maximum absolute atomic E-state index is 13.9. The van der Waals surface area contributed by atoms with E-state index in [-0.39, 0.29) is 17.4 Å². The number of ether oxygens (including phenoxy) is 1. The molecule has 4 N–H and O–H groups in total. The normalized spacial score (nSPS) is 15.1. The van der Waals surface area contributed by atoms with Crippen molar-refractivity contribution < 1.29 is 29.3 Å². The summed E-state index contributed by atoms with van der Waals surface area (Å²) in [4.78, 5) is 41.7. The molecular formula is C28H36ClN3O6. The average Bonchev–Trinajstić information content (AvgIpc) is 2.79. The fraction of sp³-hybridized carbons (Fsp3) is 0.464. The number of hydrogen-bond donors (Lipinski definition) is 4. The van der Waals surface area contributed by atoms with E-state index >= 15 is 0 Å². The van der Waals surface area contributed by atoms with E-state index in [1.54, 1.807) is 71.0 Å². The first-order valence-electron chi connectivity index (χ1n) is 12.6. The summed E-state index contributed by atoms with van der Waals surface area (Å²) in [5, 5.41) is 26.7. The number of aliphatic hydroxyl groups is 1. The number of rotatable bonds is 8. The summed E-state index contributed by atoms with van der Waals surface area (Å²) in [5.74, 6) is -1.38. The molecule has 2 aromatic rings.